The van der Waals surface area contributed by atoms with Gasteiger partial charge < -0.3 is 19.3 Å². The average molecular weight is 546 g/mol. The third-order valence-corrected chi connectivity index (χ3v) is 7.50. The third kappa shape index (κ3) is 5.16. The lowest BCUT2D eigenvalue weighted by Gasteiger charge is -2.39. The SMILES string of the molecule is CC(C)(C)OC(=O)N1CC(Oc2ccc(N3CCc4nc(-c5ccc(Cl)cc5)sc4C3=O)cc2Cl)C1. The first-order valence-electron chi connectivity index (χ1n) is 11.6. The van der Waals surface area contributed by atoms with Gasteiger partial charge in [0.1, 0.15) is 27.3 Å². The maximum atomic E-state index is 13.3. The van der Waals surface area contributed by atoms with Crippen LogP contribution in [-0.4, -0.2) is 53.2 Å². The number of anilines is 1. The Kier molecular flexibility index (Phi) is 6.61. The second-order valence-corrected chi connectivity index (χ2v) is 11.6. The number of ether oxygens (including phenoxy) is 2. The topological polar surface area (TPSA) is 72.0 Å². The molecule has 2 aliphatic rings. The van der Waals surface area contributed by atoms with Crippen molar-refractivity contribution in [1.29, 1.82) is 0 Å². The molecule has 0 spiro atoms. The summed E-state index contributed by atoms with van der Waals surface area (Å²) in [5, 5.41) is 1.87. The van der Waals surface area contributed by atoms with Gasteiger partial charge in [-0.15, -0.1) is 11.3 Å². The fourth-order valence-corrected chi connectivity index (χ4v) is 5.42. The van der Waals surface area contributed by atoms with E-state index in [9.17, 15) is 9.59 Å². The normalized spacial score (nSPS) is 16.0. The van der Waals surface area contributed by atoms with Crippen molar-refractivity contribution in [2.75, 3.05) is 24.5 Å². The predicted molar refractivity (Wildman–Crippen MR) is 142 cm³/mol. The van der Waals surface area contributed by atoms with Crippen molar-refractivity contribution in [3.63, 3.8) is 0 Å². The van der Waals surface area contributed by atoms with Gasteiger partial charge in [0.05, 0.1) is 23.8 Å². The van der Waals surface area contributed by atoms with Crippen LogP contribution in [0.3, 0.4) is 0 Å². The maximum absolute atomic E-state index is 13.3. The molecule has 5 rings (SSSR count). The quantitative estimate of drug-likeness (QED) is 0.383. The van der Waals surface area contributed by atoms with Crippen LogP contribution in [0.15, 0.2) is 42.5 Å². The molecule has 10 heteroatoms. The van der Waals surface area contributed by atoms with Gasteiger partial charge in [0.2, 0.25) is 0 Å². The van der Waals surface area contributed by atoms with Crippen molar-refractivity contribution >= 4 is 52.2 Å². The number of fused-ring (bicyclic) bond motifs is 1. The van der Waals surface area contributed by atoms with Crippen LogP contribution in [0.2, 0.25) is 10.0 Å². The summed E-state index contributed by atoms with van der Waals surface area (Å²) in [7, 11) is 0. The van der Waals surface area contributed by atoms with E-state index in [-0.39, 0.29) is 18.1 Å². The minimum atomic E-state index is -0.536. The summed E-state index contributed by atoms with van der Waals surface area (Å²) in [4.78, 5) is 34.1. The maximum Gasteiger partial charge on any atom is 0.410 e. The zero-order valence-electron chi connectivity index (χ0n) is 20.1. The van der Waals surface area contributed by atoms with Crippen LogP contribution >= 0.6 is 34.5 Å². The second kappa shape index (κ2) is 9.57. The first-order chi connectivity index (χ1) is 17.1. The number of halogens is 2. The van der Waals surface area contributed by atoms with Gasteiger partial charge in [-0.2, -0.15) is 0 Å². The molecule has 1 fully saturated rings. The number of hydrogen-bond donors (Lipinski definition) is 0. The van der Waals surface area contributed by atoms with Crippen molar-refractivity contribution in [2.24, 2.45) is 0 Å². The third-order valence-electron chi connectivity index (χ3n) is 5.82. The Morgan fingerprint density at radius 2 is 1.83 bits per heavy atom. The van der Waals surface area contributed by atoms with Gasteiger partial charge in [-0.1, -0.05) is 35.3 Å². The molecule has 0 atom stereocenters. The first-order valence-corrected chi connectivity index (χ1v) is 13.2. The van der Waals surface area contributed by atoms with Crippen molar-refractivity contribution in [3.8, 4) is 16.3 Å². The van der Waals surface area contributed by atoms with E-state index in [0.29, 0.717) is 52.4 Å². The van der Waals surface area contributed by atoms with Gasteiger partial charge in [0.25, 0.3) is 5.91 Å². The van der Waals surface area contributed by atoms with E-state index >= 15 is 0 Å². The van der Waals surface area contributed by atoms with Gasteiger partial charge in [-0.3, -0.25) is 4.79 Å². The van der Waals surface area contributed by atoms with Gasteiger partial charge in [0.15, 0.2) is 0 Å². The Morgan fingerprint density at radius 3 is 2.50 bits per heavy atom. The van der Waals surface area contributed by atoms with Crippen LogP contribution in [0.4, 0.5) is 10.5 Å². The number of carbonyl (C=O) groups is 2. The molecular weight excluding hydrogens is 521 g/mol. The van der Waals surface area contributed by atoms with E-state index in [0.717, 1.165) is 16.3 Å². The molecule has 188 valence electrons. The van der Waals surface area contributed by atoms with Crippen LogP contribution in [0.25, 0.3) is 10.6 Å². The molecule has 0 bridgehead atoms. The van der Waals surface area contributed by atoms with E-state index in [1.807, 2.05) is 51.1 Å². The number of thiazole rings is 1. The number of aromatic nitrogens is 1. The summed E-state index contributed by atoms with van der Waals surface area (Å²) in [6, 6.07) is 12.8. The molecule has 1 saturated heterocycles. The van der Waals surface area contributed by atoms with E-state index in [1.54, 1.807) is 21.9 Å². The van der Waals surface area contributed by atoms with Crippen molar-refractivity contribution in [2.45, 2.75) is 38.9 Å². The van der Waals surface area contributed by atoms with E-state index < -0.39 is 5.60 Å². The highest BCUT2D eigenvalue weighted by atomic mass is 35.5. The molecule has 0 saturated carbocycles. The number of carbonyl (C=O) groups excluding carboxylic acids is 2. The molecule has 0 aliphatic carbocycles. The molecule has 1 aromatic heterocycles. The van der Waals surface area contributed by atoms with E-state index in [4.69, 9.17) is 37.7 Å². The summed E-state index contributed by atoms with van der Waals surface area (Å²) in [5.74, 6) is 0.424. The summed E-state index contributed by atoms with van der Waals surface area (Å²) >= 11 is 13.9. The van der Waals surface area contributed by atoms with Crippen LogP contribution in [-0.2, 0) is 11.2 Å². The van der Waals surface area contributed by atoms with Gasteiger partial charge in [0, 0.05) is 29.2 Å². The molecule has 0 unspecified atom stereocenters. The second-order valence-electron chi connectivity index (χ2n) is 9.75. The van der Waals surface area contributed by atoms with Gasteiger partial charge >= 0.3 is 6.09 Å². The highest BCUT2D eigenvalue weighted by Gasteiger charge is 2.36. The fourth-order valence-electron chi connectivity index (χ4n) is 4.01. The van der Waals surface area contributed by atoms with Crippen LogP contribution < -0.4 is 9.64 Å². The minimum Gasteiger partial charge on any atom is -0.485 e. The summed E-state index contributed by atoms with van der Waals surface area (Å²) in [6.45, 7) is 6.88. The summed E-state index contributed by atoms with van der Waals surface area (Å²) in [6.07, 6.45) is 0.140. The molecule has 0 radical (unpaired) electrons. The fraction of sp³-hybridized carbons (Fsp3) is 0.346. The average Bonchev–Trinajstić information content (AvgIpc) is 3.21. The number of hydrogen-bond acceptors (Lipinski definition) is 6. The molecule has 7 nitrogen and oxygen atoms in total. The van der Waals surface area contributed by atoms with Crippen LogP contribution in [0, 0.1) is 0 Å². The molecule has 0 N–H and O–H groups in total. The number of rotatable bonds is 4. The standard InChI is InChI=1S/C26H25Cl2N3O4S/c1-26(2,3)35-25(33)30-13-18(14-30)34-21-9-8-17(12-19(21)28)31-11-10-20-22(24(31)32)36-23(29-20)15-4-6-16(27)7-5-15/h4-9,12,18H,10-11,13-14H2,1-3H3. The molecule has 2 aliphatic heterocycles. The molecule has 36 heavy (non-hydrogen) atoms. The van der Waals surface area contributed by atoms with Crippen molar-refractivity contribution < 1.29 is 19.1 Å². The minimum absolute atomic E-state index is 0.0920. The lowest BCUT2D eigenvalue weighted by Crippen LogP contribution is -2.57. The molecule has 2 amide bonds. The lowest BCUT2D eigenvalue weighted by atomic mass is 10.1. The molecular formula is C26H25Cl2N3O4S. The molecule has 3 heterocycles. The molecule has 2 aromatic carbocycles. The van der Waals surface area contributed by atoms with Gasteiger partial charge in [-0.05, 0) is 51.1 Å². The van der Waals surface area contributed by atoms with E-state index in [1.165, 1.54) is 11.3 Å². The van der Waals surface area contributed by atoms with E-state index in [2.05, 4.69) is 0 Å². The number of benzene rings is 2. The highest BCUT2D eigenvalue weighted by molar-refractivity contribution is 7.17. The smallest absolute Gasteiger partial charge is 0.410 e. The Balaban J connectivity index is 1.24. The highest BCUT2D eigenvalue weighted by Crippen LogP contribution is 2.36. The van der Waals surface area contributed by atoms with Crippen molar-refractivity contribution in [3.05, 3.63) is 63.1 Å². The summed E-state index contributed by atoms with van der Waals surface area (Å²) in [5.41, 5.74) is 1.92. The predicted octanol–water partition coefficient (Wildman–Crippen LogP) is 6.32. The number of nitrogens with zero attached hydrogens (tertiary/aromatic N) is 3. The Labute approximate surface area is 223 Å². The summed E-state index contributed by atoms with van der Waals surface area (Å²) < 4.78 is 11.3. The number of amides is 2. The Bertz CT molecular complexity index is 1310. The lowest BCUT2D eigenvalue weighted by molar-refractivity contribution is -0.0221. The monoisotopic (exact) mass is 545 g/mol. The zero-order chi connectivity index (χ0) is 25.6. The Morgan fingerprint density at radius 1 is 1.11 bits per heavy atom. The van der Waals surface area contributed by atoms with Crippen LogP contribution in [0.1, 0.15) is 36.1 Å². The first kappa shape index (κ1) is 24.9. The van der Waals surface area contributed by atoms with Crippen LogP contribution in [0.5, 0.6) is 5.75 Å². The molecule has 3 aromatic rings. The number of likely N-dealkylation sites (tertiary alicyclic amines) is 1. The van der Waals surface area contributed by atoms with Gasteiger partial charge in [-0.25, -0.2) is 9.78 Å². The Hall–Kier alpha value is -2.81. The van der Waals surface area contributed by atoms with Crippen molar-refractivity contribution in [1.82, 2.24) is 9.88 Å². The zero-order valence-corrected chi connectivity index (χ0v) is 22.4. The largest absolute Gasteiger partial charge is 0.485 e.